The Kier molecular flexibility index (Phi) is 3.34. The van der Waals surface area contributed by atoms with Crippen molar-refractivity contribution in [1.82, 2.24) is 19.6 Å². The quantitative estimate of drug-likeness (QED) is 0.535. The number of hydrogen-bond donors (Lipinski definition) is 0. The molecule has 0 radical (unpaired) electrons. The second-order valence-corrected chi connectivity index (χ2v) is 6.00. The van der Waals surface area contributed by atoms with Gasteiger partial charge in [-0.05, 0) is 23.1 Å². The standard InChI is InChI=1S/C16H9F3N4S/c17-16(18,19)14-9-21-23-12(8-20-15(23)22-14)10-3-1-4-11(7-10)13-5-2-6-24-13/h1-9H. The molecule has 0 fully saturated rings. The molecule has 120 valence electrons. The topological polar surface area (TPSA) is 43.1 Å². The molecule has 3 aromatic heterocycles. The van der Waals surface area contributed by atoms with Crippen molar-refractivity contribution in [3.63, 3.8) is 0 Å². The zero-order valence-electron chi connectivity index (χ0n) is 12.0. The molecule has 0 aliphatic heterocycles. The molecule has 0 saturated heterocycles. The SMILES string of the molecule is FC(F)(F)c1cnn2c(-c3cccc(-c4cccs4)c3)cnc2n1. The van der Waals surface area contributed by atoms with Crippen molar-refractivity contribution >= 4 is 17.1 Å². The van der Waals surface area contributed by atoms with E-state index in [-0.39, 0.29) is 5.78 Å². The average Bonchev–Trinajstić information content (AvgIpc) is 3.23. The van der Waals surface area contributed by atoms with E-state index >= 15 is 0 Å². The zero-order chi connectivity index (χ0) is 16.7. The highest BCUT2D eigenvalue weighted by molar-refractivity contribution is 7.13. The fraction of sp³-hybridized carbons (Fsp3) is 0.0625. The van der Waals surface area contributed by atoms with Crippen molar-refractivity contribution in [1.29, 1.82) is 0 Å². The first-order valence-electron chi connectivity index (χ1n) is 6.95. The minimum absolute atomic E-state index is 0.0821. The fourth-order valence-corrected chi connectivity index (χ4v) is 3.11. The number of nitrogens with zero attached hydrogens (tertiary/aromatic N) is 4. The van der Waals surface area contributed by atoms with Crippen LogP contribution in [-0.4, -0.2) is 19.6 Å². The molecule has 0 N–H and O–H groups in total. The van der Waals surface area contributed by atoms with Crippen LogP contribution in [0.1, 0.15) is 5.69 Å². The van der Waals surface area contributed by atoms with Crippen LogP contribution in [0, 0.1) is 0 Å². The summed E-state index contributed by atoms with van der Waals surface area (Å²) >= 11 is 1.61. The van der Waals surface area contributed by atoms with Crippen molar-refractivity contribution in [2.75, 3.05) is 0 Å². The summed E-state index contributed by atoms with van der Waals surface area (Å²) in [5.41, 5.74) is 1.36. The molecule has 4 rings (SSSR count). The molecule has 1 aromatic carbocycles. The monoisotopic (exact) mass is 346 g/mol. The van der Waals surface area contributed by atoms with Crippen molar-refractivity contribution in [3.05, 3.63) is 59.9 Å². The molecular formula is C16H9F3N4S. The Hall–Kier alpha value is -2.74. The van der Waals surface area contributed by atoms with E-state index in [0.717, 1.165) is 16.0 Å². The molecule has 3 heterocycles. The average molecular weight is 346 g/mol. The zero-order valence-corrected chi connectivity index (χ0v) is 12.8. The molecule has 0 aliphatic carbocycles. The number of benzene rings is 1. The van der Waals surface area contributed by atoms with Gasteiger partial charge in [-0.15, -0.1) is 11.3 Å². The maximum Gasteiger partial charge on any atom is 0.435 e. The van der Waals surface area contributed by atoms with E-state index in [4.69, 9.17) is 0 Å². The number of fused-ring (bicyclic) bond motifs is 1. The molecular weight excluding hydrogens is 337 g/mol. The van der Waals surface area contributed by atoms with Gasteiger partial charge in [-0.1, -0.05) is 24.3 Å². The van der Waals surface area contributed by atoms with Crippen LogP contribution in [0.5, 0.6) is 0 Å². The van der Waals surface area contributed by atoms with Gasteiger partial charge in [-0.25, -0.2) is 9.97 Å². The van der Waals surface area contributed by atoms with Crippen molar-refractivity contribution in [2.24, 2.45) is 0 Å². The Morgan fingerprint density at radius 3 is 2.58 bits per heavy atom. The molecule has 0 unspecified atom stereocenters. The van der Waals surface area contributed by atoms with Crippen LogP contribution >= 0.6 is 11.3 Å². The summed E-state index contributed by atoms with van der Waals surface area (Å²) < 4.78 is 39.5. The van der Waals surface area contributed by atoms with Crippen molar-refractivity contribution < 1.29 is 13.2 Å². The van der Waals surface area contributed by atoms with Gasteiger partial charge >= 0.3 is 6.18 Å². The molecule has 0 bridgehead atoms. The summed E-state index contributed by atoms with van der Waals surface area (Å²) in [6, 6.07) is 11.7. The lowest BCUT2D eigenvalue weighted by Gasteiger charge is -2.06. The van der Waals surface area contributed by atoms with Gasteiger partial charge in [-0.2, -0.15) is 22.8 Å². The third-order valence-corrected chi connectivity index (χ3v) is 4.41. The summed E-state index contributed by atoms with van der Waals surface area (Å²) in [4.78, 5) is 8.59. The molecule has 0 amide bonds. The first kappa shape index (κ1) is 14.8. The summed E-state index contributed by atoms with van der Waals surface area (Å²) in [5, 5.41) is 5.84. The number of alkyl halides is 3. The molecule has 4 nitrogen and oxygen atoms in total. The van der Waals surface area contributed by atoms with Crippen molar-refractivity contribution in [2.45, 2.75) is 6.18 Å². The summed E-state index contributed by atoms with van der Waals surface area (Å²) in [6.07, 6.45) is -2.36. The lowest BCUT2D eigenvalue weighted by Crippen LogP contribution is -2.11. The predicted octanol–water partition coefficient (Wildman–Crippen LogP) is 4.54. The van der Waals surface area contributed by atoms with Gasteiger partial charge in [-0.3, -0.25) is 0 Å². The van der Waals surface area contributed by atoms with Crippen LogP contribution in [0.15, 0.2) is 54.2 Å². The Labute approximate surface area is 138 Å². The lowest BCUT2D eigenvalue weighted by atomic mass is 10.1. The van der Waals surface area contributed by atoms with E-state index in [1.807, 2.05) is 41.8 Å². The van der Waals surface area contributed by atoms with Crippen LogP contribution in [0.25, 0.3) is 27.5 Å². The number of imidazole rings is 1. The molecule has 24 heavy (non-hydrogen) atoms. The van der Waals surface area contributed by atoms with Crippen LogP contribution in [0.3, 0.4) is 0 Å². The van der Waals surface area contributed by atoms with Gasteiger partial charge in [0.2, 0.25) is 0 Å². The number of hydrogen-bond acceptors (Lipinski definition) is 4. The van der Waals surface area contributed by atoms with E-state index in [0.29, 0.717) is 11.9 Å². The van der Waals surface area contributed by atoms with Crippen LogP contribution in [-0.2, 0) is 6.18 Å². The minimum atomic E-state index is -4.54. The molecule has 4 aromatic rings. The highest BCUT2D eigenvalue weighted by Crippen LogP contribution is 2.30. The smallest absolute Gasteiger partial charge is 0.217 e. The molecule has 0 aliphatic rings. The second kappa shape index (κ2) is 5.41. The highest BCUT2D eigenvalue weighted by Gasteiger charge is 2.33. The van der Waals surface area contributed by atoms with Crippen molar-refractivity contribution in [3.8, 4) is 21.7 Å². The van der Waals surface area contributed by atoms with Crippen LogP contribution < -0.4 is 0 Å². The lowest BCUT2D eigenvalue weighted by molar-refractivity contribution is -0.141. The number of thiophene rings is 1. The van der Waals surface area contributed by atoms with E-state index in [1.54, 1.807) is 11.3 Å². The molecule has 0 atom stereocenters. The Bertz CT molecular complexity index is 1010. The predicted molar refractivity (Wildman–Crippen MR) is 84.5 cm³/mol. The first-order valence-corrected chi connectivity index (χ1v) is 7.82. The summed E-state index contributed by atoms with van der Waals surface area (Å²) in [7, 11) is 0. The Morgan fingerprint density at radius 1 is 1.00 bits per heavy atom. The van der Waals surface area contributed by atoms with Gasteiger partial charge in [0.25, 0.3) is 5.78 Å². The Balaban J connectivity index is 1.81. The third-order valence-electron chi connectivity index (χ3n) is 3.49. The molecule has 0 spiro atoms. The molecule has 8 heteroatoms. The largest absolute Gasteiger partial charge is 0.435 e. The number of aromatic nitrogens is 4. The number of rotatable bonds is 2. The summed E-state index contributed by atoms with van der Waals surface area (Å²) in [5.74, 6) is -0.0821. The van der Waals surface area contributed by atoms with E-state index < -0.39 is 11.9 Å². The maximum absolute atomic E-state index is 12.7. The van der Waals surface area contributed by atoms with Gasteiger partial charge in [0, 0.05) is 10.4 Å². The fourth-order valence-electron chi connectivity index (χ4n) is 2.38. The van der Waals surface area contributed by atoms with Gasteiger partial charge < -0.3 is 0 Å². The first-order chi connectivity index (χ1) is 11.5. The number of halogens is 3. The van der Waals surface area contributed by atoms with Gasteiger partial charge in [0.1, 0.15) is 0 Å². The minimum Gasteiger partial charge on any atom is -0.217 e. The van der Waals surface area contributed by atoms with Gasteiger partial charge in [0.05, 0.1) is 18.1 Å². The normalized spacial score (nSPS) is 12.0. The van der Waals surface area contributed by atoms with Gasteiger partial charge in [0.15, 0.2) is 5.69 Å². The Morgan fingerprint density at radius 2 is 1.83 bits per heavy atom. The second-order valence-electron chi connectivity index (χ2n) is 5.05. The van der Waals surface area contributed by atoms with E-state index in [9.17, 15) is 13.2 Å². The van der Waals surface area contributed by atoms with Crippen LogP contribution in [0.4, 0.5) is 13.2 Å². The maximum atomic E-state index is 12.7. The third kappa shape index (κ3) is 2.54. The van der Waals surface area contributed by atoms with Crippen LogP contribution in [0.2, 0.25) is 0 Å². The summed E-state index contributed by atoms with van der Waals surface area (Å²) in [6.45, 7) is 0. The van der Waals surface area contributed by atoms with E-state index in [2.05, 4.69) is 15.1 Å². The highest BCUT2D eigenvalue weighted by atomic mass is 32.1. The molecule has 0 saturated carbocycles. The van der Waals surface area contributed by atoms with E-state index in [1.165, 1.54) is 10.7 Å².